The van der Waals surface area contributed by atoms with Crippen LogP contribution in [-0.2, 0) is 4.79 Å². The zero-order valence-corrected chi connectivity index (χ0v) is 10.1. The first-order valence-corrected chi connectivity index (χ1v) is 5.58. The molecule has 7 heteroatoms. The SMILES string of the molecule is O=C(NCC[C@H](O)C(=O)O)Nc1cccc(Cl)c1. The Hall–Kier alpha value is -1.79. The van der Waals surface area contributed by atoms with Crippen molar-refractivity contribution in [1.29, 1.82) is 0 Å². The number of urea groups is 1. The van der Waals surface area contributed by atoms with Gasteiger partial charge in [0.25, 0.3) is 0 Å². The number of rotatable bonds is 5. The van der Waals surface area contributed by atoms with Crippen molar-refractivity contribution in [3.05, 3.63) is 29.3 Å². The molecule has 0 aliphatic heterocycles. The van der Waals surface area contributed by atoms with Gasteiger partial charge in [-0.05, 0) is 18.2 Å². The molecule has 0 saturated carbocycles. The highest BCUT2D eigenvalue weighted by Gasteiger charge is 2.12. The molecule has 1 aromatic carbocycles. The molecule has 0 radical (unpaired) electrons. The molecule has 2 amide bonds. The fourth-order valence-electron chi connectivity index (χ4n) is 1.19. The first-order chi connectivity index (χ1) is 8.49. The van der Waals surface area contributed by atoms with Gasteiger partial charge < -0.3 is 20.8 Å². The number of amides is 2. The van der Waals surface area contributed by atoms with E-state index < -0.39 is 18.1 Å². The van der Waals surface area contributed by atoms with E-state index in [0.717, 1.165) is 0 Å². The Morgan fingerprint density at radius 1 is 1.39 bits per heavy atom. The number of hydrogen-bond acceptors (Lipinski definition) is 3. The maximum absolute atomic E-state index is 11.4. The van der Waals surface area contributed by atoms with Gasteiger partial charge in [-0.15, -0.1) is 0 Å². The number of carboxylic acid groups (broad SMARTS) is 1. The molecular weight excluding hydrogens is 260 g/mol. The fraction of sp³-hybridized carbons (Fsp3) is 0.273. The van der Waals surface area contributed by atoms with Gasteiger partial charge in [0.2, 0.25) is 0 Å². The number of aliphatic carboxylic acids is 1. The van der Waals surface area contributed by atoms with E-state index in [1.165, 1.54) is 0 Å². The van der Waals surface area contributed by atoms with E-state index in [0.29, 0.717) is 10.7 Å². The Kier molecular flexibility index (Phi) is 5.41. The summed E-state index contributed by atoms with van der Waals surface area (Å²) in [7, 11) is 0. The van der Waals surface area contributed by atoms with Crippen molar-refractivity contribution >= 4 is 29.3 Å². The molecule has 1 rings (SSSR count). The molecule has 18 heavy (non-hydrogen) atoms. The quantitative estimate of drug-likeness (QED) is 0.649. The summed E-state index contributed by atoms with van der Waals surface area (Å²) in [6, 6.07) is 6.11. The van der Waals surface area contributed by atoms with Crippen LogP contribution in [0.15, 0.2) is 24.3 Å². The molecular formula is C11H13ClN2O4. The lowest BCUT2D eigenvalue weighted by Gasteiger charge is -2.09. The normalized spacial score (nSPS) is 11.7. The largest absolute Gasteiger partial charge is 0.479 e. The molecule has 0 fully saturated rings. The van der Waals surface area contributed by atoms with E-state index in [2.05, 4.69) is 10.6 Å². The predicted octanol–water partition coefficient (Wildman–Crippen LogP) is 1.30. The molecule has 0 spiro atoms. The topological polar surface area (TPSA) is 98.7 Å². The Balaban J connectivity index is 2.32. The Labute approximate surface area is 109 Å². The predicted molar refractivity (Wildman–Crippen MR) is 66.7 cm³/mol. The third kappa shape index (κ3) is 5.03. The van der Waals surface area contributed by atoms with Crippen molar-refractivity contribution < 1.29 is 19.8 Å². The summed E-state index contributed by atoms with van der Waals surface area (Å²) in [4.78, 5) is 21.7. The summed E-state index contributed by atoms with van der Waals surface area (Å²) < 4.78 is 0. The average molecular weight is 273 g/mol. The summed E-state index contributed by atoms with van der Waals surface area (Å²) in [5.41, 5.74) is 0.527. The highest BCUT2D eigenvalue weighted by atomic mass is 35.5. The second-order valence-electron chi connectivity index (χ2n) is 3.53. The van der Waals surface area contributed by atoms with Crippen LogP contribution in [0.1, 0.15) is 6.42 Å². The van der Waals surface area contributed by atoms with Crippen LogP contribution in [0.2, 0.25) is 5.02 Å². The van der Waals surface area contributed by atoms with Crippen LogP contribution in [0.4, 0.5) is 10.5 Å². The number of aliphatic hydroxyl groups excluding tert-OH is 1. The summed E-state index contributed by atoms with van der Waals surface area (Å²) in [5.74, 6) is -1.31. The van der Waals surface area contributed by atoms with Crippen LogP contribution >= 0.6 is 11.6 Å². The van der Waals surface area contributed by atoms with Crippen LogP contribution in [0.25, 0.3) is 0 Å². The van der Waals surface area contributed by atoms with Crippen molar-refractivity contribution in [3.63, 3.8) is 0 Å². The Bertz CT molecular complexity index is 439. The lowest BCUT2D eigenvalue weighted by molar-refractivity contribution is -0.146. The number of nitrogens with one attached hydrogen (secondary N) is 2. The van der Waals surface area contributed by atoms with Gasteiger partial charge in [0.15, 0.2) is 6.10 Å². The molecule has 0 bridgehead atoms. The van der Waals surface area contributed by atoms with E-state index >= 15 is 0 Å². The molecule has 0 aromatic heterocycles. The highest BCUT2D eigenvalue weighted by Crippen LogP contribution is 2.14. The summed E-state index contributed by atoms with van der Waals surface area (Å²) in [6.07, 6.45) is -1.53. The van der Waals surface area contributed by atoms with Gasteiger partial charge in [-0.25, -0.2) is 9.59 Å². The van der Waals surface area contributed by atoms with E-state index in [1.807, 2.05) is 0 Å². The Morgan fingerprint density at radius 3 is 2.72 bits per heavy atom. The molecule has 0 aliphatic carbocycles. The van der Waals surface area contributed by atoms with E-state index in [-0.39, 0.29) is 13.0 Å². The molecule has 1 aromatic rings. The minimum atomic E-state index is -1.48. The Morgan fingerprint density at radius 2 is 2.11 bits per heavy atom. The van der Waals surface area contributed by atoms with Gasteiger partial charge >= 0.3 is 12.0 Å². The van der Waals surface area contributed by atoms with Crippen LogP contribution < -0.4 is 10.6 Å². The number of anilines is 1. The van der Waals surface area contributed by atoms with Crippen LogP contribution in [0.3, 0.4) is 0 Å². The van der Waals surface area contributed by atoms with Gasteiger partial charge in [0.05, 0.1) is 0 Å². The van der Waals surface area contributed by atoms with Gasteiger partial charge in [-0.2, -0.15) is 0 Å². The highest BCUT2D eigenvalue weighted by molar-refractivity contribution is 6.30. The van der Waals surface area contributed by atoms with Crippen LogP contribution in [-0.4, -0.2) is 34.9 Å². The standard InChI is InChI=1S/C11H13ClN2O4/c12-7-2-1-3-8(6-7)14-11(18)13-5-4-9(15)10(16)17/h1-3,6,9,15H,4-5H2,(H,16,17)(H2,13,14,18)/t9-/m0/s1. The van der Waals surface area contributed by atoms with E-state index in [1.54, 1.807) is 24.3 Å². The second kappa shape index (κ2) is 6.83. The summed E-state index contributed by atoms with van der Waals surface area (Å²) in [5, 5.41) is 22.8. The molecule has 4 N–H and O–H groups in total. The summed E-state index contributed by atoms with van der Waals surface area (Å²) in [6.45, 7) is 0.0554. The number of benzene rings is 1. The van der Waals surface area contributed by atoms with Gasteiger partial charge in [0, 0.05) is 23.7 Å². The number of carboxylic acids is 1. The summed E-state index contributed by atoms with van der Waals surface area (Å²) >= 11 is 5.74. The molecule has 1 atom stereocenters. The van der Waals surface area contributed by atoms with E-state index in [4.69, 9.17) is 21.8 Å². The minimum Gasteiger partial charge on any atom is -0.479 e. The maximum Gasteiger partial charge on any atom is 0.332 e. The van der Waals surface area contributed by atoms with Crippen molar-refractivity contribution in [1.82, 2.24) is 5.32 Å². The molecule has 98 valence electrons. The van der Waals surface area contributed by atoms with Crippen LogP contribution in [0.5, 0.6) is 0 Å². The lowest BCUT2D eigenvalue weighted by Crippen LogP contribution is -2.33. The number of carbonyl (C=O) groups excluding carboxylic acids is 1. The third-order valence-electron chi connectivity index (χ3n) is 2.07. The first-order valence-electron chi connectivity index (χ1n) is 5.20. The van der Waals surface area contributed by atoms with Crippen molar-refractivity contribution in [2.24, 2.45) is 0 Å². The van der Waals surface area contributed by atoms with Crippen molar-refractivity contribution in [3.8, 4) is 0 Å². The number of hydrogen-bond donors (Lipinski definition) is 4. The zero-order chi connectivity index (χ0) is 13.5. The first kappa shape index (κ1) is 14.3. The molecule has 6 nitrogen and oxygen atoms in total. The minimum absolute atomic E-state index is 0.0554. The lowest BCUT2D eigenvalue weighted by atomic mass is 10.2. The van der Waals surface area contributed by atoms with Gasteiger partial charge in [-0.3, -0.25) is 0 Å². The molecule has 0 saturated heterocycles. The van der Waals surface area contributed by atoms with Crippen LogP contribution in [0, 0.1) is 0 Å². The van der Waals surface area contributed by atoms with Gasteiger partial charge in [-0.1, -0.05) is 17.7 Å². The third-order valence-corrected chi connectivity index (χ3v) is 2.31. The monoisotopic (exact) mass is 272 g/mol. The van der Waals surface area contributed by atoms with Crippen molar-refractivity contribution in [2.75, 3.05) is 11.9 Å². The smallest absolute Gasteiger partial charge is 0.332 e. The average Bonchev–Trinajstić information content (AvgIpc) is 2.28. The number of halogens is 1. The van der Waals surface area contributed by atoms with E-state index in [9.17, 15) is 9.59 Å². The zero-order valence-electron chi connectivity index (χ0n) is 9.39. The molecule has 0 aliphatic rings. The second-order valence-corrected chi connectivity index (χ2v) is 3.97. The molecule has 0 heterocycles. The number of aliphatic hydroxyl groups is 1. The fourth-order valence-corrected chi connectivity index (χ4v) is 1.38. The number of carbonyl (C=O) groups is 2. The van der Waals surface area contributed by atoms with Gasteiger partial charge in [0.1, 0.15) is 0 Å². The van der Waals surface area contributed by atoms with Crippen molar-refractivity contribution in [2.45, 2.75) is 12.5 Å². The maximum atomic E-state index is 11.4. The molecule has 0 unspecified atom stereocenters.